The molecule has 0 aliphatic rings. The molecule has 0 bridgehead atoms. The minimum absolute atomic E-state index is 0.0815. The van der Waals surface area contributed by atoms with E-state index < -0.39 is 5.97 Å². The Balaban J connectivity index is 2.10. The van der Waals surface area contributed by atoms with Crippen LogP contribution in [0.15, 0.2) is 35.7 Å². The summed E-state index contributed by atoms with van der Waals surface area (Å²) in [5, 5.41) is 16.7. The number of carboxylic acid groups (broad SMARTS) is 1. The lowest BCUT2D eigenvalue weighted by Crippen LogP contribution is -2.03. The molecule has 2 aromatic rings. The van der Waals surface area contributed by atoms with Gasteiger partial charge in [0.15, 0.2) is 5.16 Å². The zero-order chi connectivity index (χ0) is 13.0. The Morgan fingerprint density at radius 1 is 1.50 bits per heavy atom. The number of thioether (sulfide) groups is 1. The molecule has 1 aromatic heterocycles. The summed E-state index contributed by atoms with van der Waals surface area (Å²) in [4.78, 5) is 10.5. The third-order valence-corrected chi connectivity index (χ3v) is 3.11. The molecular formula is C11H10FN3O2S. The van der Waals surface area contributed by atoms with Crippen LogP contribution >= 0.6 is 11.8 Å². The van der Waals surface area contributed by atoms with Crippen LogP contribution in [-0.4, -0.2) is 31.6 Å². The van der Waals surface area contributed by atoms with E-state index in [2.05, 4.69) is 10.2 Å². The largest absolute Gasteiger partial charge is 0.481 e. The molecule has 1 heterocycles. The molecule has 94 valence electrons. The lowest BCUT2D eigenvalue weighted by molar-refractivity contribution is -0.133. The molecule has 0 amide bonds. The molecule has 18 heavy (non-hydrogen) atoms. The minimum atomic E-state index is -0.916. The van der Waals surface area contributed by atoms with Crippen LogP contribution in [-0.2, 0) is 11.3 Å². The molecule has 0 radical (unpaired) electrons. The highest BCUT2D eigenvalue weighted by Gasteiger charge is 2.08. The van der Waals surface area contributed by atoms with Gasteiger partial charge in [-0.1, -0.05) is 23.9 Å². The van der Waals surface area contributed by atoms with E-state index in [0.29, 0.717) is 11.7 Å². The maximum atomic E-state index is 13.0. The highest BCUT2D eigenvalue weighted by atomic mass is 32.2. The van der Waals surface area contributed by atoms with Crippen LogP contribution < -0.4 is 0 Å². The van der Waals surface area contributed by atoms with Gasteiger partial charge in [0.25, 0.3) is 0 Å². The quantitative estimate of drug-likeness (QED) is 0.834. The van der Waals surface area contributed by atoms with Gasteiger partial charge in [-0.15, -0.1) is 10.2 Å². The summed E-state index contributed by atoms with van der Waals surface area (Å²) in [6.45, 7) is 0.409. The zero-order valence-corrected chi connectivity index (χ0v) is 10.1. The van der Waals surface area contributed by atoms with Gasteiger partial charge in [0.05, 0.1) is 12.3 Å². The Morgan fingerprint density at radius 3 is 3.06 bits per heavy atom. The summed E-state index contributed by atoms with van der Waals surface area (Å²) in [6.07, 6.45) is 1.50. The zero-order valence-electron chi connectivity index (χ0n) is 9.28. The summed E-state index contributed by atoms with van der Waals surface area (Å²) < 4.78 is 14.7. The number of nitrogens with zero attached hydrogens (tertiary/aromatic N) is 3. The second-order valence-electron chi connectivity index (χ2n) is 3.55. The van der Waals surface area contributed by atoms with Gasteiger partial charge in [0.1, 0.15) is 12.1 Å². The number of benzene rings is 1. The number of carboxylic acids is 1. The van der Waals surface area contributed by atoms with E-state index in [9.17, 15) is 9.18 Å². The molecule has 0 aliphatic carbocycles. The van der Waals surface area contributed by atoms with Crippen molar-refractivity contribution in [3.8, 4) is 0 Å². The van der Waals surface area contributed by atoms with E-state index >= 15 is 0 Å². The molecule has 0 spiro atoms. The van der Waals surface area contributed by atoms with Gasteiger partial charge in [0.2, 0.25) is 0 Å². The minimum Gasteiger partial charge on any atom is -0.481 e. The first-order valence-electron chi connectivity index (χ1n) is 5.12. The van der Waals surface area contributed by atoms with E-state index in [1.54, 1.807) is 16.7 Å². The van der Waals surface area contributed by atoms with Crippen LogP contribution in [0.2, 0.25) is 0 Å². The Labute approximate surface area is 107 Å². The molecule has 0 fully saturated rings. The van der Waals surface area contributed by atoms with Crippen molar-refractivity contribution in [2.24, 2.45) is 0 Å². The van der Waals surface area contributed by atoms with E-state index in [1.807, 2.05) is 0 Å². The van der Waals surface area contributed by atoms with Crippen molar-refractivity contribution in [2.45, 2.75) is 11.7 Å². The fraction of sp³-hybridized carbons (Fsp3) is 0.182. The van der Waals surface area contributed by atoms with Gasteiger partial charge >= 0.3 is 5.97 Å². The van der Waals surface area contributed by atoms with Crippen molar-refractivity contribution < 1.29 is 14.3 Å². The van der Waals surface area contributed by atoms with Crippen molar-refractivity contribution in [3.63, 3.8) is 0 Å². The molecular weight excluding hydrogens is 257 g/mol. The van der Waals surface area contributed by atoms with E-state index in [0.717, 1.165) is 17.3 Å². The van der Waals surface area contributed by atoms with E-state index in [-0.39, 0.29) is 11.6 Å². The number of carbonyl (C=O) groups is 1. The number of aromatic nitrogens is 3. The van der Waals surface area contributed by atoms with Crippen LogP contribution in [0.25, 0.3) is 0 Å². The molecule has 0 saturated heterocycles. The third-order valence-electron chi connectivity index (χ3n) is 2.15. The molecule has 5 nitrogen and oxygen atoms in total. The summed E-state index contributed by atoms with van der Waals surface area (Å²) >= 11 is 1.08. The summed E-state index contributed by atoms with van der Waals surface area (Å²) in [7, 11) is 0. The number of rotatable bonds is 5. The second kappa shape index (κ2) is 5.63. The maximum absolute atomic E-state index is 13.0. The molecule has 2 rings (SSSR count). The summed E-state index contributed by atoms with van der Waals surface area (Å²) in [5.74, 6) is -1.30. The monoisotopic (exact) mass is 267 g/mol. The maximum Gasteiger partial charge on any atom is 0.313 e. The lowest BCUT2D eigenvalue weighted by atomic mass is 10.2. The van der Waals surface area contributed by atoms with Gasteiger partial charge in [0, 0.05) is 0 Å². The first kappa shape index (κ1) is 12.6. The SMILES string of the molecule is O=C(O)CSc1nncn1Cc1cccc(F)c1. The van der Waals surface area contributed by atoms with Crippen molar-refractivity contribution in [1.82, 2.24) is 14.8 Å². The molecule has 0 aliphatic heterocycles. The first-order chi connectivity index (χ1) is 8.65. The summed E-state index contributed by atoms with van der Waals surface area (Å²) in [6, 6.07) is 6.20. The molecule has 0 atom stereocenters. The van der Waals surface area contributed by atoms with Crippen LogP contribution in [0.3, 0.4) is 0 Å². The van der Waals surface area contributed by atoms with Gasteiger partial charge in [-0.2, -0.15) is 0 Å². The fourth-order valence-electron chi connectivity index (χ4n) is 1.42. The van der Waals surface area contributed by atoms with Crippen LogP contribution in [0.1, 0.15) is 5.56 Å². The van der Waals surface area contributed by atoms with Crippen LogP contribution in [0.5, 0.6) is 0 Å². The van der Waals surface area contributed by atoms with Gasteiger partial charge in [-0.3, -0.25) is 4.79 Å². The third kappa shape index (κ3) is 3.30. The van der Waals surface area contributed by atoms with Crippen molar-refractivity contribution in [3.05, 3.63) is 42.0 Å². The van der Waals surface area contributed by atoms with Crippen molar-refractivity contribution >= 4 is 17.7 Å². The first-order valence-corrected chi connectivity index (χ1v) is 6.10. The van der Waals surface area contributed by atoms with Crippen molar-refractivity contribution in [1.29, 1.82) is 0 Å². The average molecular weight is 267 g/mol. The topological polar surface area (TPSA) is 68.0 Å². The van der Waals surface area contributed by atoms with Gasteiger partial charge in [-0.25, -0.2) is 4.39 Å². The predicted octanol–water partition coefficient (Wildman–Crippen LogP) is 1.64. The summed E-state index contributed by atoms with van der Waals surface area (Å²) in [5.41, 5.74) is 0.770. The molecule has 1 aromatic carbocycles. The Morgan fingerprint density at radius 2 is 2.33 bits per heavy atom. The molecule has 0 saturated carbocycles. The van der Waals surface area contributed by atoms with Crippen LogP contribution in [0.4, 0.5) is 4.39 Å². The fourth-order valence-corrected chi connectivity index (χ4v) is 2.06. The lowest BCUT2D eigenvalue weighted by Gasteiger charge is -2.05. The Hall–Kier alpha value is -1.89. The Kier molecular flexibility index (Phi) is 3.93. The Bertz CT molecular complexity index is 559. The molecule has 7 heteroatoms. The van der Waals surface area contributed by atoms with E-state index in [1.165, 1.54) is 18.5 Å². The number of hydrogen-bond donors (Lipinski definition) is 1. The smallest absolute Gasteiger partial charge is 0.313 e. The van der Waals surface area contributed by atoms with Crippen LogP contribution in [0, 0.1) is 5.82 Å². The standard InChI is InChI=1S/C11H10FN3O2S/c12-9-3-1-2-8(4-9)5-15-7-13-14-11(15)18-6-10(16)17/h1-4,7H,5-6H2,(H,16,17). The van der Waals surface area contributed by atoms with Crippen molar-refractivity contribution in [2.75, 3.05) is 5.75 Å². The second-order valence-corrected chi connectivity index (χ2v) is 4.50. The van der Waals surface area contributed by atoms with Gasteiger partial charge in [-0.05, 0) is 17.7 Å². The van der Waals surface area contributed by atoms with E-state index in [4.69, 9.17) is 5.11 Å². The number of aliphatic carboxylic acids is 1. The molecule has 1 N–H and O–H groups in total. The normalized spacial score (nSPS) is 10.5. The highest BCUT2D eigenvalue weighted by Crippen LogP contribution is 2.16. The predicted molar refractivity (Wildman–Crippen MR) is 63.9 cm³/mol. The number of hydrogen-bond acceptors (Lipinski definition) is 4. The number of halogens is 1. The average Bonchev–Trinajstić information content (AvgIpc) is 2.74. The highest BCUT2D eigenvalue weighted by molar-refractivity contribution is 7.99. The molecule has 0 unspecified atom stereocenters. The van der Waals surface area contributed by atoms with Gasteiger partial charge < -0.3 is 9.67 Å².